The summed E-state index contributed by atoms with van der Waals surface area (Å²) in [6, 6.07) is 4.99. The van der Waals surface area contributed by atoms with Gasteiger partial charge in [-0.2, -0.15) is 0 Å². The van der Waals surface area contributed by atoms with Crippen LogP contribution in [-0.2, 0) is 6.54 Å². The number of hydrogen-bond acceptors (Lipinski definition) is 2. The maximum absolute atomic E-state index is 13.3. The van der Waals surface area contributed by atoms with E-state index in [1.165, 1.54) is 6.07 Å². The molecule has 0 spiro atoms. The third kappa shape index (κ3) is 2.70. The normalized spacial score (nSPS) is 10.2. The van der Waals surface area contributed by atoms with Crippen molar-refractivity contribution in [1.29, 1.82) is 0 Å². The Bertz CT molecular complexity index is 289. The van der Waals surface area contributed by atoms with E-state index >= 15 is 0 Å². The van der Waals surface area contributed by atoms with Gasteiger partial charge >= 0.3 is 0 Å². The highest BCUT2D eigenvalue weighted by Crippen LogP contribution is 2.22. The molecular formula is C11H16FNO. The number of ether oxygens (including phenoxy) is 1. The lowest BCUT2D eigenvalue weighted by Crippen LogP contribution is -2.13. The van der Waals surface area contributed by atoms with Crippen molar-refractivity contribution < 1.29 is 9.13 Å². The van der Waals surface area contributed by atoms with Gasteiger partial charge < -0.3 is 10.1 Å². The summed E-state index contributed by atoms with van der Waals surface area (Å²) in [4.78, 5) is 0. The summed E-state index contributed by atoms with van der Waals surface area (Å²) < 4.78 is 18.6. The molecular weight excluding hydrogens is 181 g/mol. The van der Waals surface area contributed by atoms with Gasteiger partial charge in [-0.25, -0.2) is 4.39 Å². The van der Waals surface area contributed by atoms with Crippen molar-refractivity contribution in [3.8, 4) is 5.75 Å². The molecule has 0 aromatic heterocycles. The van der Waals surface area contributed by atoms with E-state index in [0.717, 1.165) is 12.1 Å². The van der Waals surface area contributed by atoms with Crippen LogP contribution < -0.4 is 10.1 Å². The molecule has 1 N–H and O–H groups in total. The number of para-hydroxylation sites is 1. The van der Waals surface area contributed by atoms with Crippen molar-refractivity contribution in [1.82, 2.24) is 5.32 Å². The topological polar surface area (TPSA) is 21.3 Å². The first-order valence-corrected chi connectivity index (χ1v) is 4.90. The SMILES string of the molecule is CCNCc1cccc(F)c1OCC. The van der Waals surface area contributed by atoms with Crippen LogP contribution in [0.3, 0.4) is 0 Å². The van der Waals surface area contributed by atoms with Gasteiger partial charge in [-0.1, -0.05) is 19.1 Å². The molecule has 0 aliphatic carbocycles. The quantitative estimate of drug-likeness (QED) is 0.782. The molecule has 1 aromatic rings. The average molecular weight is 197 g/mol. The van der Waals surface area contributed by atoms with Gasteiger partial charge in [0.05, 0.1) is 6.61 Å². The Morgan fingerprint density at radius 1 is 1.36 bits per heavy atom. The van der Waals surface area contributed by atoms with Gasteiger partial charge in [0.1, 0.15) is 0 Å². The van der Waals surface area contributed by atoms with E-state index in [1.54, 1.807) is 6.07 Å². The van der Waals surface area contributed by atoms with Gasteiger partial charge in [-0.15, -0.1) is 0 Å². The Kier molecular flexibility index (Phi) is 4.40. The molecule has 1 aromatic carbocycles. The molecule has 0 amide bonds. The molecule has 0 aliphatic heterocycles. The Morgan fingerprint density at radius 3 is 2.79 bits per heavy atom. The fourth-order valence-corrected chi connectivity index (χ4v) is 1.26. The van der Waals surface area contributed by atoms with Crippen LogP contribution in [0.25, 0.3) is 0 Å². The van der Waals surface area contributed by atoms with Crippen molar-refractivity contribution in [3.63, 3.8) is 0 Å². The van der Waals surface area contributed by atoms with Crippen molar-refractivity contribution in [2.75, 3.05) is 13.2 Å². The summed E-state index contributed by atoms with van der Waals surface area (Å²) in [7, 11) is 0. The molecule has 78 valence electrons. The van der Waals surface area contributed by atoms with E-state index in [0.29, 0.717) is 18.9 Å². The molecule has 0 atom stereocenters. The Morgan fingerprint density at radius 2 is 2.14 bits per heavy atom. The predicted molar refractivity (Wildman–Crippen MR) is 54.9 cm³/mol. The number of rotatable bonds is 5. The summed E-state index contributed by atoms with van der Waals surface area (Å²) in [6.07, 6.45) is 0. The van der Waals surface area contributed by atoms with Crippen molar-refractivity contribution >= 4 is 0 Å². The van der Waals surface area contributed by atoms with Crippen molar-refractivity contribution in [2.24, 2.45) is 0 Å². The lowest BCUT2D eigenvalue weighted by Gasteiger charge is -2.10. The smallest absolute Gasteiger partial charge is 0.165 e. The lowest BCUT2D eigenvalue weighted by molar-refractivity contribution is 0.317. The summed E-state index contributed by atoms with van der Waals surface area (Å²) in [5.74, 6) is 0.0817. The van der Waals surface area contributed by atoms with Gasteiger partial charge in [0, 0.05) is 12.1 Å². The number of nitrogens with one attached hydrogen (secondary N) is 1. The molecule has 0 bridgehead atoms. The molecule has 2 nitrogen and oxygen atoms in total. The van der Waals surface area contributed by atoms with E-state index in [1.807, 2.05) is 19.9 Å². The predicted octanol–water partition coefficient (Wildman–Crippen LogP) is 2.33. The van der Waals surface area contributed by atoms with E-state index < -0.39 is 0 Å². The van der Waals surface area contributed by atoms with E-state index in [2.05, 4.69) is 5.32 Å². The largest absolute Gasteiger partial charge is 0.490 e. The fraction of sp³-hybridized carbons (Fsp3) is 0.455. The first kappa shape index (κ1) is 11.0. The highest BCUT2D eigenvalue weighted by atomic mass is 19.1. The van der Waals surface area contributed by atoms with Crippen molar-refractivity contribution in [2.45, 2.75) is 20.4 Å². The van der Waals surface area contributed by atoms with Crippen molar-refractivity contribution in [3.05, 3.63) is 29.6 Å². The number of hydrogen-bond donors (Lipinski definition) is 1. The second-order valence-corrected chi connectivity index (χ2v) is 2.94. The molecule has 0 fully saturated rings. The summed E-state index contributed by atoms with van der Waals surface area (Å²) in [6.45, 7) is 5.86. The lowest BCUT2D eigenvalue weighted by atomic mass is 10.2. The summed E-state index contributed by atoms with van der Waals surface area (Å²) >= 11 is 0. The zero-order valence-corrected chi connectivity index (χ0v) is 8.64. The van der Waals surface area contributed by atoms with Crippen LogP contribution in [0.5, 0.6) is 5.75 Å². The molecule has 0 heterocycles. The van der Waals surface area contributed by atoms with Crippen LogP contribution in [0.2, 0.25) is 0 Å². The molecule has 14 heavy (non-hydrogen) atoms. The fourth-order valence-electron chi connectivity index (χ4n) is 1.26. The van der Waals surface area contributed by atoms with Crippen LogP contribution >= 0.6 is 0 Å². The van der Waals surface area contributed by atoms with Gasteiger partial charge in [0.25, 0.3) is 0 Å². The zero-order valence-electron chi connectivity index (χ0n) is 8.64. The average Bonchev–Trinajstić information content (AvgIpc) is 2.19. The minimum absolute atomic E-state index is 0.290. The maximum Gasteiger partial charge on any atom is 0.165 e. The van der Waals surface area contributed by atoms with Crippen LogP contribution in [-0.4, -0.2) is 13.2 Å². The minimum atomic E-state index is -0.290. The van der Waals surface area contributed by atoms with Gasteiger partial charge in [-0.05, 0) is 19.5 Å². The van der Waals surface area contributed by atoms with Crippen LogP contribution in [0.4, 0.5) is 4.39 Å². The van der Waals surface area contributed by atoms with E-state index in [-0.39, 0.29) is 5.82 Å². The minimum Gasteiger partial charge on any atom is -0.490 e. The van der Waals surface area contributed by atoms with Gasteiger partial charge in [-0.3, -0.25) is 0 Å². The molecule has 0 saturated carbocycles. The highest BCUT2D eigenvalue weighted by molar-refractivity contribution is 5.34. The first-order valence-electron chi connectivity index (χ1n) is 4.90. The Labute approximate surface area is 84.1 Å². The molecule has 0 unspecified atom stereocenters. The third-order valence-electron chi connectivity index (χ3n) is 1.90. The molecule has 0 radical (unpaired) electrons. The maximum atomic E-state index is 13.3. The second-order valence-electron chi connectivity index (χ2n) is 2.94. The summed E-state index contributed by atoms with van der Waals surface area (Å²) in [5.41, 5.74) is 0.869. The Balaban J connectivity index is 2.83. The molecule has 3 heteroatoms. The van der Waals surface area contributed by atoms with Crippen LogP contribution in [0, 0.1) is 5.82 Å². The number of halogens is 1. The number of benzene rings is 1. The zero-order chi connectivity index (χ0) is 10.4. The monoisotopic (exact) mass is 197 g/mol. The summed E-state index contributed by atoms with van der Waals surface area (Å²) in [5, 5.41) is 3.14. The Hall–Kier alpha value is -1.09. The first-order chi connectivity index (χ1) is 6.79. The highest BCUT2D eigenvalue weighted by Gasteiger charge is 2.07. The second kappa shape index (κ2) is 5.60. The van der Waals surface area contributed by atoms with Crippen LogP contribution in [0.15, 0.2) is 18.2 Å². The molecule has 1 rings (SSSR count). The standard InChI is InChI=1S/C11H16FNO/c1-3-13-8-9-6-5-7-10(12)11(9)14-4-2/h5-7,13H,3-4,8H2,1-2H3. The van der Waals surface area contributed by atoms with Crippen LogP contribution in [0.1, 0.15) is 19.4 Å². The molecule has 0 aliphatic rings. The van der Waals surface area contributed by atoms with Gasteiger partial charge in [0.15, 0.2) is 11.6 Å². The van der Waals surface area contributed by atoms with E-state index in [4.69, 9.17) is 4.74 Å². The third-order valence-corrected chi connectivity index (χ3v) is 1.90. The van der Waals surface area contributed by atoms with Gasteiger partial charge in [0.2, 0.25) is 0 Å². The van der Waals surface area contributed by atoms with E-state index in [9.17, 15) is 4.39 Å². The molecule has 0 saturated heterocycles.